The molecule has 0 aromatic heterocycles. The molecule has 32 heavy (non-hydrogen) atoms. The summed E-state index contributed by atoms with van der Waals surface area (Å²) in [4.78, 5) is 15.3. The number of carbonyl (C=O) groups is 1. The average Bonchev–Trinajstić information content (AvgIpc) is 2.81. The molecule has 1 amide bonds. The van der Waals surface area contributed by atoms with Crippen molar-refractivity contribution in [2.75, 3.05) is 27.4 Å². The lowest BCUT2D eigenvalue weighted by Crippen LogP contribution is -2.42. The van der Waals surface area contributed by atoms with Crippen molar-refractivity contribution in [2.24, 2.45) is 0 Å². The van der Waals surface area contributed by atoms with Gasteiger partial charge in [-0.25, -0.2) is 0 Å². The van der Waals surface area contributed by atoms with Crippen molar-refractivity contribution in [1.82, 2.24) is 4.90 Å². The zero-order valence-corrected chi connectivity index (χ0v) is 19.1. The minimum Gasteiger partial charge on any atom is -0.493 e. The third kappa shape index (κ3) is 4.42. The highest BCUT2D eigenvalue weighted by Gasteiger charge is 2.33. The first-order valence-electron chi connectivity index (χ1n) is 10.8. The van der Waals surface area contributed by atoms with Crippen LogP contribution in [-0.4, -0.2) is 38.2 Å². The molecule has 5 nitrogen and oxygen atoms in total. The van der Waals surface area contributed by atoms with Gasteiger partial charge in [-0.2, -0.15) is 0 Å². The van der Waals surface area contributed by atoms with E-state index in [-0.39, 0.29) is 11.9 Å². The van der Waals surface area contributed by atoms with Crippen LogP contribution in [0.4, 0.5) is 0 Å². The van der Waals surface area contributed by atoms with E-state index in [1.165, 1.54) is 0 Å². The Morgan fingerprint density at radius 2 is 1.59 bits per heavy atom. The normalized spacial score (nSPS) is 15.1. The van der Waals surface area contributed by atoms with Crippen molar-refractivity contribution >= 4 is 5.91 Å². The smallest absolute Gasteiger partial charge is 0.254 e. The molecule has 4 rings (SSSR count). The first-order valence-corrected chi connectivity index (χ1v) is 10.8. The lowest BCUT2D eigenvalue weighted by molar-refractivity contribution is 0.0589. The van der Waals surface area contributed by atoms with Crippen LogP contribution in [0.15, 0.2) is 60.7 Å². The van der Waals surface area contributed by atoms with Crippen LogP contribution in [0.5, 0.6) is 17.2 Å². The Morgan fingerprint density at radius 3 is 2.25 bits per heavy atom. The summed E-state index contributed by atoms with van der Waals surface area (Å²) < 4.78 is 17.3. The number of carbonyl (C=O) groups excluding carboxylic acids is 1. The number of fused-ring (bicyclic) bond motifs is 1. The summed E-state index contributed by atoms with van der Waals surface area (Å²) in [7, 11) is 3.26. The summed E-state index contributed by atoms with van der Waals surface area (Å²) in [5.74, 6) is 2.15. The Balaban J connectivity index is 1.71. The number of benzene rings is 3. The summed E-state index contributed by atoms with van der Waals surface area (Å²) in [5.41, 5.74) is 5.14. The summed E-state index contributed by atoms with van der Waals surface area (Å²) >= 11 is 0. The van der Waals surface area contributed by atoms with Crippen molar-refractivity contribution in [3.8, 4) is 17.2 Å². The minimum atomic E-state index is -0.243. The van der Waals surface area contributed by atoms with E-state index < -0.39 is 0 Å². The Kier molecular flexibility index (Phi) is 6.35. The Hall–Kier alpha value is -3.47. The molecule has 0 unspecified atom stereocenters. The van der Waals surface area contributed by atoms with Crippen molar-refractivity contribution < 1.29 is 19.0 Å². The molecule has 0 saturated heterocycles. The van der Waals surface area contributed by atoms with E-state index in [0.717, 1.165) is 34.4 Å². The molecule has 1 aliphatic rings. The number of amides is 1. The largest absolute Gasteiger partial charge is 0.493 e. The molecular formula is C27H29NO4. The van der Waals surface area contributed by atoms with E-state index in [9.17, 15) is 4.79 Å². The number of nitrogens with zero attached hydrogens (tertiary/aromatic N) is 1. The molecule has 0 aliphatic carbocycles. The molecule has 0 radical (unpaired) electrons. The number of hydrogen-bond acceptors (Lipinski definition) is 4. The van der Waals surface area contributed by atoms with Gasteiger partial charge < -0.3 is 19.1 Å². The van der Waals surface area contributed by atoms with Crippen molar-refractivity contribution in [3.05, 3.63) is 88.5 Å². The highest BCUT2D eigenvalue weighted by molar-refractivity contribution is 5.94. The van der Waals surface area contributed by atoms with Gasteiger partial charge in [-0.05, 0) is 78.9 Å². The molecule has 0 saturated carbocycles. The second-order valence-electron chi connectivity index (χ2n) is 8.17. The predicted octanol–water partition coefficient (Wildman–Crippen LogP) is 5.14. The summed E-state index contributed by atoms with van der Waals surface area (Å²) in [6, 6.07) is 19.3. The molecule has 1 atom stereocenters. The number of hydrogen-bond donors (Lipinski definition) is 0. The zero-order valence-electron chi connectivity index (χ0n) is 19.1. The van der Waals surface area contributed by atoms with E-state index in [0.29, 0.717) is 30.2 Å². The number of rotatable bonds is 6. The maximum absolute atomic E-state index is 13.4. The second-order valence-corrected chi connectivity index (χ2v) is 8.17. The van der Waals surface area contributed by atoms with E-state index >= 15 is 0 Å². The van der Waals surface area contributed by atoms with Gasteiger partial charge in [0, 0.05) is 12.1 Å². The fraction of sp³-hybridized carbons (Fsp3) is 0.296. The summed E-state index contributed by atoms with van der Waals surface area (Å²) in [6.07, 6.45) is 0.744. The highest BCUT2D eigenvalue weighted by Crippen LogP contribution is 2.39. The van der Waals surface area contributed by atoms with E-state index in [2.05, 4.69) is 19.9 Å². The predicted molar refractivity (Wildman–Crippen MR) is 125 cm³/mol. The van der Waals surface area contributed by atoms with Crippen molar-refractivity contribution in [2.45, 2.75) is 26.3 Å². The number of aryl methyl sites for hydroxylation is 2. The van der Waals surface area contributed by atoms with E-state index in [1.54, 1.807) is 14.2 Å². The number of ether oxygens (including phenoxy) is 3. The maximum Gasteiger partial charge on any atom is 0.254 e. The van der Waals surface area contributed by atoms with Gasteiger partial charge in [-0.15, -0.1) is 0 Å². The van der Waals surface area contributed by atoms with Gasteiger partial charge in [0.05, 0.1) is 20.3 Å². The van der Waals surface area contributed by atoms with Gasteiger partial charge in [-0.1, -0.05) is 24.3 Å². The fourth-order valence-corrected chi connectivity index (χ4v) is 4.39. The molecule has 166 valence electrons. The number of methoxy groups -OCH3 is 2. The lowest BCUT2D eigenvalue weighted by atomic mass is 9.91. The molecule has 1 heterocycles. The van der Waals surface area contributed by atoms with Gasteiger partial charge in [0.15, 0.2) is 11.5 Å². The summed E-state index contributed by atoms with van der Waals surface area (Å²) in [6.45, 7) is 5.07. The van der Waals surface area contributed by atoms with Gasteiger partial charge in [0.25, 0.3) is 5.91 Å². The fourth-order valence-electron chi connectivity index (χ4n) is 4.39. The molecule has 5 heteroatoms. The highest BCUT2D eigenvalue weighted by atomic mass is 16.5. The van der Waals surface area contributed by atoms with Crippen LogP contribution in [-0.2, 0) is 6.42 Å². The van der Waals surface area contributed by atoms with Gasteiger partial charge in [-0.3, -0.25) is 4.79 Å². The summed E-state index contributed by atoms with van der Waals surface area (Å²) in [5, 5.41) is 0. The van der Waals surface area contributed by atoms with Gasteiger partial charge >= 0.3 is 0 Å². The lowest BCUT2D eigenvalue weighted by Gasteiger charge is -2.37. The third-order valence-electron chi connectivity index (χ3n) is 5.89. The SMILES string of the molecule is COc1cc2c(cc1OC)[C@@H](COc1cc(C)cc(C)c1)N(C(=O)c1ccccc1)CC2. The van der Waals surface area contributed by atoms with Crippen LogP contribution >= 0.6 is 0 Å². The third-order valence-corrected chi connectivity index (χ3v) is 5.89. The van der Waals surface area contributed by atoms with E-state index in [4.69, 9.17) is 14.2 Å². The van der Waals surface area contributed by atoms with Crippen LogP contribution in [0.1, 0.15) is 38.7 Å². The zero-order chi connectivity index (χ0) is 22.7. The average molecular weight is 432 g/mol. The molecule has 1 aliphatic heterocycles. The molecule has 0 bridgehead atoms. The molecular weight excluding hydrogens is 402 g/mol. The standard InChI is InChI=1S/C27H29NO4/c1-18-12-19(2)14-22(13-18)32-17-24-23-16-26(31-4)25(30-3)15-21(23)10-11-28(24)27(29)20-8-6-5-7-9-20/h5-9,12-16,24H,10-11,17H2,1-4H3/t24-/m1/s1. The van der Waals surface area contributed by atoms with Crippen LogP contribution < -0.4 is 14.2 Å². The quantitative estimate of drug-likeness (QED) is 0.542. The minimum absolute atomic E-state index is 0.0000534. The van der Waals surface area contributed by atoms with Gasteiger partial charge in [0.1, 0.15) is 12.4 Å². The topological polar surface area (TPSA) is 48.0 Å². The maximum atomic E-state index is 13.4. The van der Waals surface area contributed by atoms with Crippen LogP contribution in [0.2, 0.25) is 0 Å². The van der Waals surface area contributed by atoms with E-state index in [1.807, 2.05) is 59.5 Å². The monoisotopic (exact) mass is 431 g/mol. The Labute approximate surface area is 189 Å². The molecule has 0 spiro atoms. The van der Waals surface area contributed by atoms with Crippen LogP contribution in [0.3, 0.4) is 0 Å². The first kappa shape index (κ1) is 21.8. The van der Waals surface area contributed by atoms with Crippen LogP contribution in [0, 0.1) is 13.8 Å². The van der Waals surface area contributed by atoms with Crippen molar-refractivity contribution in [3.63, 3.8) is 0 Å². The molecule has 3 aromatic rings. The molecule has 0 fully saturated rings. The van der Waals surface area contributed by atoms with Gasteiger partial charge in [0.2, 0.25) is 0 Å². The first-order chi connectivity index (χ1) is 15.5. The Morgan fingerprint density at radius 1 is 0.938 bits per heavy atom. The molecule has 3 aromatic carbocycles. The molecule has 0 N–H and O–H groups in total. The van der Waals surface area contributed by atoms with Crippen LogP contribution in [0.25, 0.3) is 0 Å². The Bertz CT molecular complexity index is 1090. The second kappa shape index (κ2) is 9.35. The van der Waals surface area contributed by atoms with Crippen molar-refractivity contribution in [1.29, 1.82) is 0 Å².